The predicted molar refractivity (Wildman–Crippen MR) is 45.9 cm³/mol. The Labute approximate surface area is 79.0 Å². The van der Waals surface area contributed by atoms with E-state index in [1.807, 2.05) is 12.1 Å². The number of aldehydes is 1. The van der Waals surface area contributed by atoms with Gasteiger partial charge < -0.3 is 0 Å². The molecule has 1 unspecified atom stereocenters. The Balaban J connectivity index is 3.15. The summed E-state index contributed by atoms with van der Waals surface area (Å²) in [6, 6.07) is 9.10. The van der Waals surface area contributed by atoms with Gasteiger partial charge in [-0.15, -0.1) is 0 Å². The summed E-state index contributed by atoms with van der Waals surface area (Å²) in [4.78, 5) is 10.2. The molecule has 1 aromatic carbocycles. The number of nitrogens with zero attached hydrogens (tertiary/aromatic N) is 1. The van der Waals surface area contributed by atoms with Gasteiger partial charge in [0.05, 0.1) is 0 Å². The van der Waals surface area contributed by atoms with E-state index in [-0.39, 0.29) is 4.82 Å². The Morgan fingerprint density at radius 3 is 2.75 bits per heavy atom. The molecule has 1 atom stereocenters. The molecule has 0 aromatic heterocycles. The standard InChI is InChI=1S/C9H6NOSe/c10-5-9(12)8-4-2-1-3-7(8)6-11/h1-4,6,9H. The van der Waals surface area contributed by atoms with Crippen LogP contribution in [0.4, 0.5) is 0 Å². The number of hydrogen-bond acceptors (Lipinski definition) is 2. The molecule has 0 bridgehead atoms. The van der Waals surface area contributed by atoms with Crippen molar-refractivity contribution in [1.29, 1.82) is 5.26 Å². The van der Waals surface area contributed by atoms with Crippen LogP contribution in [0.2, 0.25) is 0 Å². The predicted octanol–water partition coefficient (Wildman–Crippen LogP) is 1.23. The van der Waals surface area contributed by atoms with Crippen molar-refractivity contribution in [3.8, 4) is 6.07 Å². The summed E-state index contributed by atoms with van der Waals surface area (Å²) >= 11 is 2.70. The van der Waals surface area contributed by atoms with E-state index < -0.39 is 0 Å². The summed E-state index contributed by atoms with van der Waals surface area (Å²) in [5, 5.41) is 8.61. The Hall–Kier alpha value is -1.10. The maximum absolute atomic E-state index is 10.5. The summed E-state index contributed by atoms with van der Waals surface area (Å²) in [6.07, 6.45) is 0.761. The molecule has 3 heteroatoms. The molecule has 0 heterocycles. The zero-order valence-corrected chi connectivity index (χ0v) is 7.94. The molecule has 2 nitrogen and oxygen atoms in total. The molecule has 0 fully saturated rings. The number of carbonyl (C=O) groups is 1. The summed E-state index contributed by atoms with van der Waals surface area (Å²) in [5.74, 6) is 0. The maximum atomic E-state index is 10.5. The van der Waals surface area contributed by atoms with Crippen molar-refractivity contribution in [2.75, 3.05) is 0 Å². The van der Waals surface area contributed by atoms with Crippen LogP contribution >= 0.6 is 0 Å². The molecule has 0 amide bonds. The first kappa shape index (κ1) is 8.99. The number of rotatable bonds is 2. The zero-order valence-electron chi connectivity index (χ0n) is 6.23. The van der Waals surface area contributed by atoms with Crippen LogP contribution in [0.25, 0.3) is 0 Å². The fourth-order valence-corrected chi connectivity index (χ4v) is 1.38. The molecular weight excluding hydrogens is 217 g/mol. The first-order valence-electron chi connectivity index (χ1n) is 3.39. The van der Waals surface area contributed by atoms with Gasteiger partial charge in [0.1, 0.15) is 0 Å². The van der Waals surface area contributed by atoms with Gasteiger partial charge in [0.2, 0.25) is 0 Å². The normalized spacial score (nSPS) is 11.7. The van der Waals surface area contributed by atoms with Crippen LogP contribution in [0.15, 0.2) is 24.3 Å². The monoisotopic (exact) mass is 224 g/mol. The zero-order chi connectivity index (χ0) is 8.97. The summed E-state index contributed by atoms with van der Waals surface area (Å²) in [7, 11) is 0. The third-order valence-corrected chi connectivity index (χ3v) is 2.28. The van der Waals surface area contributed by atoms with E-state index in [2.05, 4.69) is 16.0 Å². The van der Waals surface area contributed by atoms with Crippen LogP contribution < -0.4 is 0 Å². The fraction of sp³-hybridized carbons (Fsp3) is 0.111. The first-order chi connectivity index (χ1) is 5.79. The molecule has 1 rings (SSSR count). The number of benzene rings is 1. The van der Waals surface area contributed by atoms with Gasteiger partial charge in [-0.25, -0.2) is 0 Å². The van der Waals surface area contributed by atoms with Crippen molar-refractivity contribution in [1.82, 2.24) is 0 Å². The van der Waals surface area contributed by atoms with E-state index in [1.54, 1.807) is 18.2 Å². The molecule has 59 valence electrons. The summed E-state index contributed by atoms with van der Waals surface area (Å²) in [6.45, 7) is 0. The van der Waals surface area contributed by atoms with E-state index in [0.29, 0.717) is 5.56 Å². The minimum absolute atomic E-state index is 0.341. The third kappa shape index (κ3) is 1.73. The van der Waals surface area contributed by atoms with Crippen LogP contribution in [0, 0.1) is 11.3 Å². The average molecular weight is 223 g/mol. The molecule has 0 aliphatic heterocycles. The van der Waals surface area contributed by atoms with Gasteiger partial charge in [-0.1, -0.05) is 0 Å². The van der Waals surface area contributed by atoms with Gasteiger partial charge in [-0.3, -0.25) is 0 Å². The minimum atomic E-state index is -0.341. The van der Waals surface area contributed by atoms with Crippen LogP contribution in [-0.2, 0) is 0 Å². The second-order valence-electron chi connectivity index (χ2n) is 2.26. The van der Waals surface area contributed by atoms with Gasteiger partial charge in [0, 0.05) is 0 Å². The quantitative estimate of drug-likeness (QED) is 0.559. The van der Waals surface area contributed by atoms with E-state index in [9.17, 15) is 4.79 Å². The molecular formula is C9H6NOSe. The third-order valence-electron chi connectivity index (χ3n) is 1.52. The van der Waals surface area contributed by atoms with Crippen LogP contribution in [0.1, 0.15) is 20.7 Å². The van der Waals surface area contributed by atoms with Gasteiger partial charge in [0.15, 0.2) is 0 Å². The second kappa shape index (κ2) is 4.06. The number of nitriles is 1. The Morgan fingerprint density at radius 1 is 1.50 bits per heavy atom. The van der Waals surface area contributed by atoms with Crippen LogP contribution in [0.5, 0.6) is 0 Å². The molecule has 0 aliphatic carbocycles. The average Bonchev–Trinajstić information content (AvgIpc) is 2.16. The fourth-order valence-electron chi connectivity index (χ4n) is 0.927. The Bertz CT molecular complexity index is 330. The number of hydrogen-bond donors (Lipinski definition) is 0. The van der Waals surface area contributed by atoms with Crippen LogP contribution in [0.3, 0.4) is 0 Å². The van der Waals surface area contributed by atoms with Gasteiger partial charge in [-0.2, -0.15) is 0 Å². The van der Waals surface area contributed by atoms with Crippen molar-refractivity contribution in [3.05, 3.63) is 35.4 Å². The molecule has 12 heavy (non-hydrogen) atoms. The molecule has 0 aliphatic rings. The van der Waals surface area contributed by atoms with E-state index in [0.717, 1.165) is 11.8 Å². The van der Waals surface area contributed by atoms with Crippen molar-refractivity contribution in [3.63, 3.8) is 0 Å². The number of carbonyl (C=O) groups excluding carboxylic acids is 1. The summed E-state index contributed by atoms with van der Waals surface area (Å²) < 4.78 is 0. The molecule has 0 spiro atoms. The Morgan fingerprint density at radius 2 is 2.17 bits per heavy atom. The van der Waals surface area contributed by atoms with Crippen LogP contribution in [-0.4, -0.2) is 22.3 Å². The van der Waals surface area contributed by atoms with Crippen molar-refractivity contribution in [2.45, 2.75) is 4.82 Å². The topological polar surface area (TPSA) is 40.9 Å². The SMILES string of the molecule is N#CC([Se])c1ccccc1C=O. The van der Waals surface area contributed by atoms with Crippen molar-refractivity contribution < 1.29 is 4.79 Å². The second-order valence-corrected chi connectivity index (χ2v) is 3.24. The molecule has 0 N–H and O–H groups in total. The first-order valence-corrected chi connectivity index (χ1v) is 4.38. The van der Waals surface area contributed by atoms with Gasteiger partial charge >= 0.3 is 78.6 Å². The Kier molecular flexibility index (Phi) is 3.04. The molecule has 0 saturated heterocycles. The van der Waals surface area contributed by atoms with Crippen molar-refractivity contribution in [2.24, 2.45) is 0 Å². The van der Waals surface area contributed by atoms with E-state index in [4.69, 9.17) is 5.26 Å². The molecule has 1 radical (unpaired) electrons. The molecule has 0 saturated carbocycles. The molecule has 1 aromatic rings. The van der Waals surface area contributed by atoms with E-state index >= 15 is 0 Å². The van der Waals surface area contributed by atoms with E-state index in [1.165, 1.54) is 0 Å². The van der Waals surface area contributed by atoms with Gasteiger partial charge in [-0.05, 0) is 0 Å². The summed E-state index contributed by atoms with van der Waals surface area (Å²) in [5.41, 5.74) is 1.32. The van der Waals surface area contributed by atoms with Crippen molar-refractivity contribution >= 4 is 22.3 Å². The van der Waals surface area contributed by atoms with Gasteiger partial charge in [0.25, 0.3) is 0 Å².